The van der Waals surface area contributed by atoms with Gasteiger partial charge in [0.15, 0.2) is 4.80 Å². The van der Waals surface area contributed by atoms with Crippen LogP contribution >= 0.6 is 11.3 Å². The van der Waals surface area contributed by atoms with Crippen molar-refractivity contribution in [3.63, 3.8) is 0 Å². The monoisotopic (exact) mass is 340 g/mol. The Morgan fingerprint density at radius 2 is 1.88 bits per heavy atom. The standard InChI is InChI=1S/C18H16N2O3S/c1-3-23-17(22)13-9-10-14-15(11-13)24-18(20(14)2)19-16(21)12-7-5-4-6-8-12/h4-11H,3H2,1-2H3. The van der Waals surface area contributed by atoms with Gasteiger partial charge in [-0.05, 0) is 37.3 Å². The number of benzene rings is 2. The number of hydrogen-bond donors (Lipinski definition) is 0. The second-order valence-corrected chi connectivity index (χ2v) is 6.14. The molecule has 122 valence electrons. The number of aromatic nitrogens is 1. The summed E-state index contributed by atoms with van der Waals surface area (Å²) in [5, 5.41) is 0. The van der Waals surface area contributed by atoms with Crippen LogP contribution < -0.4 is 4.80 Å². The average molecular weight is 340 g/mol. The summed E-state index contributed by atoms with van der Waals surface area (Å²) < 4.78 is 7.74. The molecule has 1 aromatic heterocycles. The molecule has 0 saturated carbocycles. The van der Waals surface area contributed by atoms with Crippen molar-refractivity contribution >= 4 is 33.4 Å². The minimum Gasteiger partial charge on any atom is -0.462 e. The minimum atomic E-state index is -0.352. The normalized spacial score (nSPS) is 11.7. The van der Waals surface area contributed by atoms with Crippen LogP contribution in [0.1, 0.15) is 27.6 Å². The molecule has 5 nitrogen and oxygen atoms in total. The predicted molar refractivity (Wildman–Crippen MR) is 93.1 cm³/mol. The lowest BCUT2D eigenvalue weighted by Crippen LogP contribution is -2.13. The van der Waals surface area contributed by atoms with Gasteiger partial charge in [0.05, 0.1) is 22.4 Å². The maximum absolute atomic E-state index is 12.3. The molecule has 0 aliphatic heterocycles. The van der Waals surface area contributed by atoms with Crippen molar-refractivity contribution in [3.8, 4) is 0 Å². The zero-order chi connectivity index (χ0) is 17.1. The summed E-state index contributed by atoms with van der Waals surface area (Å²) >= 11 is 1.36. The number of nitrogens with zero attached hydrogens (tertiary/aromatic N) is 2. The second kappa shape index (κ2) is 6.80. The first kappa shape index (κ1) is 16.1. The number of fused-ring (bicyclic) bond motifs is 1. The smallest absolute Gasteiger partial charge is 0.338 e. The van der Waals surface area contributed by atoms with Gasteiger partial charge in [0.1, 0.15) is 0 Å². The van der Waals surface area contributed by atoms with E-state index in [1.54, 1.807) is 43.3 Å². The molecule has 0 fully saturated rings. The number of esters is 1. The van der Waals surface area contributed by atoms with E-state index in [1.807, 2.05) is 23.7 Å². The van der Waals surface area contributed by atoms with Crippen LogP contribution in [0, 0.1) is 0 Å². The largest absolute Gasteiger partial charge is 0.462 e. The van der Waals surface area contributed by atoms with E-state index in [9.17, 15) is 9.59 Å². The first-order valence-electron chi connectivity index (χ1n) is 7.51. The number of thiazole rings is 1. The van der Waals surface area contributed by atoms with Crippen LogP contribution in [0.15, 0.2) is 53.5 Å². The Morgan fingerprint density at radius 3 is 2.58 bits per heavy atom. The van der Waals surface area contributed by atoms with Crippen molar-refractivity contribution in [1.82, 2.24) is 4.57 Å². The summed E-state index contributed by atoms with van der Waals surface area (Å²) in [5.74, 6) is -0.641. The Bertz CT molecular complexity index is 971. The molecule has 0 aliphatic carbocycles. The van der Waals surface area contributed by atoms with Crippen molar-refractivity contribution in [2.45, 2.75) is 6.92 Å². The molecule has 0 atom stereocenters. The first-order chi connectivity index (χ1) is 11.6. The fraction of sp³-hybridized carbons (Fsp3) is 0.167. The highest BCUT2D eigenvalue weighted by Crippen LogP contribution is 2.19. The number of carbonyl (C=O) groups excluding carboxylic acids is 2. The lowest BCUT2D eigenvalue weighted by Gasteiger charge is -2.01. The molecule has 0 saturated heterocycles. The van der Waals surface area contributed by atoms with Crippen LogP contribution in [0.2, 0.25) is 0 Å². The van der Waals surface area contributed by atoms with Gasteiger partial charge in [0, 0.05) is 12.6 Å². The summed E-state index contributed by atoms with van der Waals surface area (Å²) in [6.45, 7) is 2.11. The van der Waals surface area contributed by atoms with Gasteiger partial charge in [0.25, 0.3) is 5.91 Å². The highest BCUT2D eigenvalue weighted by Gasteiger charge is 2.11. The maximum atomic E-state index is 12.3. The molecule has 0 aliphatic rings. The molecule has 0 radical (unpaired) electrons. The molecule has 6 heteroatoms. The van der Waals surface area contributed by atoms with Gasteiger partial charge < -0.3 is 9.30 Å². The highest BCUT2D eigenvalue weighted by molar-refractivity contribution is 7.16. The third-order valence-electron chi connectivity index (χ3n) is 3.54. The lowest BCUT2D eigenvalue weighted by molar-refractivity contribution is 0.0526. The molecule has 0 spiro atoms. The highest BCUT2D eigenvalue weighted by atomic mass is 32.1. The molecule has 3 rings (SSSR count). The van der Waals surface area contributed by atoms with Gasteiger partial charge in [-0.2, -0.15) is 4.99 Å². The number of hydrogen-bond acceptors (Lipinski definition) is 4. The third kappa shape index (κ3) is 3.14. The van der Waals surface area contributed by atoms with Crippen LogP contribution in [0.4, 0.5) is 0 Å². The quantitative estimate of drug-likeness (QED) is 0.688. The Morgan fingerprint density at radius 1 is 1.12 bits per heavy atom. The molecular weight excluding hydrogens is 324 g/mol. The van der Waals surface area contributed by atoms with E-state index in [4.69, 9.17) is 4.74 Å². The van der Waals surface area contributed by atoms with E-state index >= 15 is 0 Å². The van der Waals surface area contributed by atoms with Crippen molar-refractivity contribution in [2.24, 2.45) is 12.0 Å². The maximum Gasteiger partial charge on any atom is 0.338 e. The Labute approximate surface area is 142 Å². The van der Waals surface area contributed by atoms with E-state index in [0.717, 1.165) is 10.2 Å². The van der Waals surface area contributed by atoms with Gasteiger partial charge in [-0.15, -0.1) is 0 Å². The van der Waals surface area contributed by atoms with Crippen molar-refractivity contribution < 1.29 is 14.3 Å². The SMILES string of the molecule is CCOC(=O)c1ccc2c(c1)sc(=NC(=O)c1ccccc1)n2C. The van der Waals surface area contributed by atoms with Crippen LogP contribution in [-0.2, 0) is 11.8 Å². The van der Waals surface area contributed by atoms with E-state index in [0.29, 0.717) is 22.5 Å². The molecule has 2 aromatic carbocycles. The first-order valence-corrected chi connectivity index (χ1v) is 8.32. The molecule has 0 unspecified atom stereocenters. The van der Waals surface area contributed by atoms with Crippen LogP contribution in [0.25, 0.3) is 10.2 Å². The summed E-state index contributed by atoms with van der Waals surface area (Å²) in [7, 11) is 1.85. The number of aryl methyl sites for hydroxylation is 1. The lowest BCUT2D eigenvalue weighted by atomic mass is 10.2. The number of amides is 1. The zero-order valence-electron chi connectivity index (χ0n) is 13.4. The van der Waals surface area contributed by atoms with E-state index in [-0.39, 0.29) is 11.9 Å². The summed E-state index contributed by atoms with van der Waals surface area (Å²) in [4.78, 5) is 28.9. The van der Waals surface area contributed by atoms with Gasteiger partial charge >= 0.3 is 5.97 Å². The van der Waals surface area contributed by atoms with Gasteiger partial charge in [0.2, 0.25) is 0 Å². The summed E-state index contributed by atoms with van der Waals surface area (Å²) in [5.41, 5.74) is 1.95. The van der Waals surface area contributed by atoms with E-state index in [2.05, 4.69) is 4.99 Å². The number of rotatable bonds is 3. The topological polar surface area (TPSA) is 60.7 Å². The summed E-state index contributed by atoms with van der Waals surface area (Å²) in [6.07, 6.45) is 0. The third-order valence-corrected chi connectivity index (χ3v) is 4.63. The van der Waals surface area contributed by atoms with Crippen molar-refractivity contribution in [1.29, 1.82) is 0 Å². The molecule has 0 N–H and O–H groups in total. The molecule has 24 heavy (non-hydrogen) atoms. The minimum absolute atomic E-state index is 0.289. The van der Waals surface area contributed by atoms with Gasteiger partial charge in [-0.25, -0.2) is 4.79 Å². The number of ether oxygens (including phenoxy) is 1. The molecule has 3 aromatic rings. The fourth-order valence-corrected chi connectivity index (χ4v) is 3.37. The molecule has 1 amide bonds. The van der Waals surface area contributed by atoms with E-state index in [1.165, 1.54) is 11.3 Å². The van der Waals surface area contributed by atoms with Gasteiger partial charge in [-0.1, -0.05) is 29.5 Å². The van der Waals surface area contributed by atoms with Crippen molar-refractivity contribution in [2.75, 3.05) is 6.61 Å². The molecule has 0 bridgehead atoms. The molecule has 1 heterocycles. The summed E-state index contributed by atoms with van der Waals surface area (Å²) in [6, 6.07) is 14.3. The van der Waals surface area contributed by atoms with Crippen molar-refractivity contribution in [3.05, 3.63) is 64.5 Å². The Kier molecular flexibility index (Phi) is 4.57. The Hall–Kier alpha value is -2.73. The van der Waals surface area contributed by atoms with Gasteiger partial charge in [-0.3, -0.25) is 4.79 Å². The van der Waals surface area contributed by atoms with E-state index < -0.39 is 0 Å². The predicted octanol–water partition coefficient (Wildman–Crippen LogP) is 3.16. The molecular formula is C18H16N2O3S. The fourth-order valence-electron chi connectivity index (χ4n) is 2.31. The average Bonchev–Trinajstić information content (AvgIpc) is 2.91. The number of carbonyl (C=O) groups is 2. The van der Waals surface area contributed by atoms with Crippen LogP contribution in [0.3, 0.4) is 0 Å². The van der Waals surface area contributed by atoms with Crippen LogP contribution in [-0.4, -0.2) is 23.1 Å². The van der Waals surface area contributed by atoms with Crippen LogP contribution in [0.5, 0.6) is 0 Å². The zero-order valence-corrected chi connectivity index (χ0v) is 14.2. The Balaban J connectivity index is 2.03. The second-order valence-electron chi connectivity index (χ2n) is 5.13.